The van der Waals surface area contributed by atoms with Crippen LogP contribution in [0.15, 0.2) is 24.3 Å². The van der Waals surface area contributed by atoms with Crippen molar-refractivity contribution in [3.8, 4) is 0 Å². The first-order valence-corrected chi connectivity index (χ1v) is 7.00. The minimum absolute atomic E-state index is 0.224. The molecule has 1 aliphatic rings. The minimum Gasteiger partial charge on any atom is -0.396 e. The number of nitrogens with zero attached hydrogens (tertiary/aromatic N) is 1. The average molecular weight is 248 g/mol. The largest absolute Gasteiger partial charge is 0.396 e. The first-order valence-electron chi connectivity index (χ1n) is 7.00. The van der Waals surface area contributed by atoms with Crippen LogP contribution in [-0.4, -0.2) is 42.3 Å². The van der Waals surface area contributed by atoms with Gasteiger partial charge in [-0.3, -0.25) is 0 Å². The van der Waals surface area contributed by atoms with E-state index in [4.69, 9.17) is 5.11 Å². The molecule has 0 atom stereocenters. The van der Waals surface area contributed by atoms with Crippen LogP contribution in [0, 0.1) is 0 Å². The Morgan fingerprint density at radius 1 is 1.22 bits per heavy atom. The van der Waals surface area contributed by atoms with Crippen LogP contribution in [0.3, 0.4) is 0 Å². The maximum atomic E-state index is 8.88. The third kappa shape index (κ3) is 3.72. The zero-order valence-corrected chi connectivity index (χ0v) is 11.2. The van der Waals surface area contributed by atoms with Crippen LogP contribution in [0.5, 0.6) is 0 Å². The summed E-state index contributed by atoms with van der Waals surface area (Å²) in [5.41, 5.74) is 2.40. The first kappa shape index (κ1) is 13.4. The van der Waals surface area contributed by atoms with Gasteiger partial charge in [-0.1, -0.05) is 19.1 Å². The topological polar surface area (TPSA) is 35.5 Å². The number of piperidine rings is 1. The van der Waals surface area contributed by atoms with Gasteiger partial charge in [-0.05, 0) is 43.5 Å². The third-order valence-corrected chi connectivity index (χ3v) is 3.76. The van der Waals surface area contributed by atoms with Crippen LogP contribution in [0.25, 0.3) is 0 Å². The summed E-state index contributed by atoms with van der Waals surface area (Å²) in [7, 11) is 0. The Morgan fingerprint density at radius 2 is 1.89 bits per heavy atom. The molecular formula is C15H24N2O. The molecule has 2 rings (SSSR count). The van der Waals surface area contributed by atoms with Crippen LogP contribution in [-0.2, 0) is 6.42 Å². The summed E-state index contributed by atoms with van der Waals surface area (Å²) in [4.78, 5) is 2.50. The first-order chi connectivity index (χ1) is 8.81. The van der Waals surface area contributed by atoms with Gasteiger partial charge >= 0.3 is 0 Å². The van der Waals surface area contributed by atoms with Crippen LogP contribution >= 0.6 is 0 Å². The highest BCUT2D eigenvalue weighted by atomic mass is 16.2. The molecular weight excluding hydrogens is 224 g/mol. The highest BCUT2D eigenvalue weighted by Crippen LogP contribution is 2.17. The van der Waals surface area contributed by atoms with E-state index >= 15 is 0 Å². The van der Waals surface area contributed by atoms with E-state index in [9.17, 15) is 0 Å². The molecule has 0 bridgehead atoms. The van der Waals surface area contributed by atoms with Crippen molar-refractivity contribution in [3.63, 3.8) is 0 Å². The van der Waals surface area contributed by atoms with Crippen molar-refractivity contribution in [1.82, 2.24) is 4.90 Å². The van der Waals surface area contributed by atoms with Gasteiger partial charge in [-0.2, -0.15) is 0 Å². The standard InChI is InChI=1S/C15H24N2O/c1-2-17-10-7-15(8-11-17)16-14-5-3-13(4-6-14)9-12-18/h3-6,15-16,18H,2,7-12H2,1H3. The summed E-state index contributed by atoms with van der Waals surface area (Å²) in [5, 5.41) is 12.5. The van der Waals surface area contributed by atoms with Crippen LogP contribution in [0.2, 0.25) is 0 Å². The molecule has 0 radical (unpaired) electrons. The van der Waals surface area contributed by atoms with Crippen molar-refractivity contribution in [1.29, 1.82) is 0 Å². The Bertz CT molecular complexity index is 342. The average Bonchev–Trinajstić information content (AvgIpc) is 2.42. The maximum Gasteiger partial charge on any atom is 0.0471 e. The molecule has 1 saturated heterocycles. The number of hydrogen-bond donors (Lipinski definition) is 2. The van der Waals surface area contributed by atoms with Crippen molar-refractivity contribution in [2.75, 3.05) is 31.6 Å². The van der Waals surface area contributed by atoms with Gasteiger partial charge in [0, 0.05) is 31.4 Å². The molecule has 0 unspecified atom stereocenters. The molecule has 0 amide bonds. The fraction of sp³-hybridized carbons (Fsp3) is 0.600. The summed E-state index contributed by atoms with van der Waals surface area (Å²) in [6.45, 7) is 6.03. The number of anilines is 1. The summed E-state index contributed by atoms with van der Waals surface area (Å²) in [5.74, 6) is 0. The van der Waals surface area contributed by atoms with Gasteiger partial charge in [0.1, 0.15) is 0 Å². The lowest BCUT2D eigenvalue weighted by atomic mass is 10.0. The normalized spacial score (nSPS) is 17.9. The smallest absolute Gasteiger partial charge is 0.0471 e. The molecule has 100 valence electrons. The van der Waals surface area contributed by atoms with Crippen molar-refractivity contribution < 1.29 is 5.11 Å². The van der Waals surface area contributed by atoms with E-state index in [1.165, 1.54) is 43.7 Å². The van der Waals surface area contributed by atoms with E-state index < -0.39 is 0 Å². The SMILES string of the molecule is CCN1CCC(Nc2ccc(CCO)cc2)CC1. The number of likely N-dealkylation sites (tertiary alicyclic amines) is 1. The quantitative estimate of drug-likeness (QED) is 0.838. The predicted octanol–water partition coefficient (Wildman–Crippen LogP) is 2.12. The number of nitrogens with one attached hydrogen (secondary N) is 1. The van der Waals surface area contributed by atoms with Gasteiger partial charge in [0.05, 0.1) is 0 Å². The Kier molecular flexibility index (Phi) is 5.02. The zero-order valence-electron chi connectivity index (χ0n) is 11.2. The lowest BCUT2D eigenvalue weighted by molar-refractivity contribution is 0.229. The van der Waals surface area contributed by atoms with E-state index in [-0.39, 0.29) is 6.61 Å². The van der Waals surface area contributed by atoms with Crippen LogP contribution in [0.4, 0.5) is 5.69 Å². The molecule has 3 nitrogen and oxygen atoms in total. The van der Waals surface area contributed by atoms with Crippen molar-refractivity contribution in [2.24, 2.45) is 0 Å². The van der Waals surface area contributed by atoms with Gasteiger partial charge in [-0.15, -0.1) is 0 Å². The van der Waals surface area contributed by atoms with E-state index in [1.54, 1.807) is 0 Å². The van der Waals surface area contributed by atoms with Gasteiger partial charge in [0.15, 0.2) is 0 Å². The number of aliphatic hydroxyl groups is 1. The molecule has 1 heterocycles. The lowest BCUT2D eigenvalue weighted by Gasteiger charge is -2.32. The second kappa shape index (κ2) is 6.76. The number of rotatable bonds is 5. The molecule has 0 aromatic heterocycles. The summed E-state index contributed by atoms with van der Waals surface area (Å²) in [6.07, 6.45) is 3.20. The fourth-order valence-corrected chi connectivity index (χ4v) is 2.53. The Hall–Kier alpha value is -1.06. The number of benzene rings is 1. The predicted molar refractivity (Wildman–Crippen MR) is 76.0 cm³/mol. The van der Waals surface area contributed by atoms with Crippen molar-refractivity contribution in [2.45, 2.75) is 32.2 Å². The van der Waals surface area contributed by atoms with Crippen LogP contribution in [0.1, 0.15) is 25.3 Å². The monoisotopic (exact) mass is 248 g/mol. The molecule has 3 heteroatoms. The summed E-state index contributed by atoms with van der Waals surface area (Å²) >= 11 is 0. The lowest BCUT2D eigenvalue weighted by Crippen LogP contribution is -2.38. The Morgan fingerprint density at radius 3 is 2.44 bits per heavy atom. The zero-order chi connectivity index (χ0) is 12.8. The maximum absolute atomic E-state index is 8.88. The molecule has 1 aliphatic heterocycles. The van der Waals surface area contributed by atoms with Gasteiger partial charge in [0.2, 0.25) is 0 Å². The van der Waals surface area contributed by atoms with E-state index in [0.29, 0.717) is 6.04 Å². The molecule has 18 heavy (non-hydrogen) atoms. The molecule has 0 spiro atoms. The second-order valence-corrected chi connectivity index (χ2v) is 5.02. The molecule has 1 fully saturated rings. The second-order valence-electron chi connectivity index (χ2n) is 5.02. The number of aliphatic hydroxyl groups excluding tert-OH is 1. The minimum atomic E-state index is 0.224. The summed E-state index contributed by atoms with van der Waals surface area (Å²) in [6, 6.07) is 9.05. The number of hydrogen-bond acceptors (Lipinski definition) is 3. The molecule has 2 N–H and O–H groups in total. The molecule has 1 aromatic carbocycles. The van der Waals surface area contributed by atoms with Gasteiger partial charge in [0.25, 0.3) is 0 Å². The van der Waals surface area contributed by atoms with Crippen molar-refractivity contribution >= 4 is 5.69 Å². The van der Waals surface area contributed by atoms with E-state index in [0.717, 1.165) is 6.42 Å². The van der Waals surface area contributed by atoms with Gasteiger partial charge < -0.3 is 15.3 Å². The highest BCUT2D eigenvalue weighted by Gasteiger charge is 2.17. The molecule has 1 aromatic rings. The molecule has 0 aliphatic carbocycles. The molecule has 0 saturated carbocycles. The highest BCUT2D eigenvalue weighted by molar-refractivity contribution is 5.45. The van der Waals surface area contributed by atoms with Crippen molar-refractivity contribution in [3.05, 3.63) is 29.8 Å². The third-order valence-electron chi connectivity index (χ3n) is 3.76. The fourth-order valence-electron chi connectivity index (χ4n) is 2.53. The Balaban J connectivity index is 1.82. The Labute approximate surface area is 110 Å². The van der Waals surface area contributed by atoms with E-state index in [2.05, 4.69) is 41.4 Å². The summed E-state index contributed by atoms with van der Waals surface area (Å²) < 4.78 is 0. The van der Waals surface area contributed by atoms with E-state index in [1.807, 2.05) is 0 Å². The van der Waals surface area contributed by atoms with Crippen LogP contribution < -0.4 is 5.32 Å². The van der Waals surface area contributed by atoms with Gasteiger partial charge in [-0.25, -0.2) is 0 Å².